The Balaban J connectivity index is 1.56. The molecule has 1 atom stereocenters. The summed E-state index contributed by atoms with van der Waals surface area (Å²) < 4.78 is 5.32. The number of pyridine rings is 1. The van der Waals surface area contributed by atoms with Crippen molar-refractivity contribution in [2.75, 3.05) is 11.9 Å². The van der Waals surface area contributed by atoms with Gasteiger partial charge in [-0.1, -0.05) is 37.3 Å². The molecule has 1 aliphatic carbocycles. The second kappa shape index (κ2) is 8.51. The lowest BCUT2D eigenvalue weighted by atomic mass is 9.84. The first kappa shape index (κ1) is 20.5. The molecule has 0 spiro atoms. The zero-order chi connectivity index (χ0) is 22.0. The van der Waals surface area contributed by atoms with Crippen LogP contribution in [0.15, 0.2) is 48.5 Å². The highest BCUT2D eigenvalue weighted by Gasteiger charge is 2.26. The van der Waals surface area contributed by atoms with Gasteiger partial charge in [0.05, 0.1) is 16.0 Å². The van der Waals surface area contributed by atoms with Gasteiger partial charge in [0, 0.05) is 17.1 Å². The molecule has 3 aromatic rings. The van der Waals surface area contributed by atoms with Crippen LogP contribution >= 0.6 is 0 Å². The van der Waals surface area contributed by atoms with Gasteiger partial charge in [-0.25, -0.2) is 4.79 Å². The van der Waals surface area contributed by atoms with Gasteiger partial charge in [-0.3, -0.25) is 19.9 Å². The molecule has 31 heavy (non-hydrogen) atoms. The van der Waals surface area contributed by atoms with Crippen LogP contribution in [0.5, 0.6) is 0 Å². The molecular weight excluding hydrogens is 398 g/mol. The highest BCUT2D eigenvalue weighted by atomic mass is 16.6. The Morgan fingerprint density at radius 2 is 1.94 bits per heavy atom. The summed E-state index contributed by atoms with van der Waals surface area (Å²) in [7, 11) is 0. The third-order valence-corrected chi connectivity index (χ3v) is 5.42. The minimum absolute atomic E-state index is 0.0501. The van der Waals surface area contributed by atoms with E-state index in [1.54, 1.807) is 6.07 Å². The predicted molar refractivity (Wildman–Crippen MR) is 115 cm³/mol. The standard InChI is InChI=1S/C23H21N3O5/c1-14-10-11-18-16(12-14)22(15-6-2-3-7-17(15)24-18)23(28)31-13-21(27)25-19-8-4-5-9-20(19)26(29)30/h2-9,14H,10-13H2,1H3,(H,25,27)/t14-/m1/s1. The number of esters is 1. The zero-order valence-electron chi connectivity index (χ0n) is 17.0. The number of carbonyl (C=O) groups excluding carboxylic acids is 2. The smallest absolute Gasteiger partial charge is 0.339 e. The predicted octanol–water partition coefficient (Wildman–Crippen LogP) is 4.06. The van der Waals surface area contributed by atoms with E-state index in [1.165, 1.54) is 18.2 Å². The van der Waals surface area contributed by atoms with Gasteiger partial charge in [0.15, 0.2) is 6.61 Å². The molecule has 0 saturated carbocycles. The van der Waals surface area contributed by atoms with Gasteiger partial charge in [0.2, 0.25) is 0 Å². The fourth-order valence-electron chi connectivity index (χ4n) is 3.92. The van der Waals surface area contributed by atoms with Crippen LogP contribution in [0, 0.1) is 16.0 Å². The summed E-state index contributed by atoms with van der Waals surface area (Å²) in [5, 5.41) is 14.2. The molecule has 1 heterocycles. The Labute approximate surface area is 178 Å². The quantitative estimate of drug-likeness (QED) is 0.379. The van der Waals surface area contributed by atoms with E-state index in [-0.39, 0.29) is 11.4 Å². The summed E-state index contributed by atoms with van der Waals surface area (Å²) in [6.07, 6.45) is 2.52. The second-order valence-corrected chi connectivity index (χ2v) is 7.68. The molecule has 2 aromatic carbocycles. The van der Waals surface area contributed by atoms with E-state index in [2.05, 4.69) is 12.2 Å². The van der Waals surface area contributed by atoms with E-state index in [0.717, 1.165) is 30.5 Å². The van der Waals surface area contributed by atoms with Crippen LogP contribution in [-0.4, -0.2) is 28.4 Å². The SMILES string of the molecule is C[C@@H]1CCc2nc3ccccc3c(C(=O)OCC(=O)Nc3ccccc3[N+](=O)[O-])c2C1. The number of hydrogen-bond acceptors (Lipinski definition) is 6. The number of amides is 1. The van der Waals surface area contributed by atoms with E-state index in [1.807, 2.05) is 24.3 Å². The molecule has 8 heteroatoms. The molecule has 0 saturated heterocycles. The molecule has 4 rings (SSSR count). The largest absolute Gasteiger partial charge is 0.452 e. The Bertz CT molecular complexity index is 1190. The number of benzene rings is 2. The van der Waals surface area contributed by atoms with Crippen LogP contribution in [-0.2, 0) is 22.4 Å². The Morgan fingerprint density at radius 1 is 1.19 bits per heavy atom. The highest BCUT2D eigenvalue weighted by molar-refractivity contribution is 6.06. The van der Waals surface area contributed by atoms with Crippen molar-refractivity contribution in [3.8, 4) is 0 Å². The summed E-state index contributed by atoms with van der Waals surface area (Å²) in [5.74, 6) is -0.825. The first-order chi connectivity index (χ1) is 14.9. The summed E-state index contributed by atoms with van der Waals surface area (Å²) in [5.41, 5.74) is 2.76. The van der Waals surface area contributed by atoms with Crippen molar-refractivity contribution in [3.63, 3.8) is 0 Å². The zero-order valence-corrected chi connectivity index (χ0v) is 17.0. The van der Waals surface area contributed by atoms with E-state index >= 15 is 0 Å². The van der Waals surface area contributed by atoms with E-state index in [0.29, 0.717) is 22.4 Å². The first-order valence-electron chi connectivity index (χ1n) is 10.0. The third-order valence-electron chi connectivity index (χ3n) is 5.42. The average molecular weight is 419 g/mol. The summed E-state index contributed by atoms with van der Waals surface area (Å²) >= 11 is 0. The minimum Gasteiger partial charge on any atom is -0.452 e. The molecule has 0 bridgehead atoms. The molecule has 8 nitrogen and oxygen atoms in total. The Kier molecular flexibility index (Phi) is 5.62. The molecule has 1 aliphatic rings. The number of nitrogens with one attached hydrogen (secondary N) is 1. The van der Waals surface area contributed by atoms with Gasteiger partial charge in [0.1, 0.15) is 5.69 Å². The Hall–Kier alpha value is -3.81. The van der Waals surface area contributed by atoms with Gasteiger partial charge in [0.25, 0.3) is 11.6 Å². The van der Waals surface area contributed by atoms with Crippen molar-refractivity contribution >= 4 is 34.2 Å². The maximum absolute atomic E-state index is 13.0. The molecule has 158 valence electrons. The summed E-state index contributed by atoms with van der Waals surface area (Å²) in [4.78, 5) is 40.6. The van der Waals surface area contributed by atoms with Crippen LogP contribution in [0.4, 0.5) is 11.4 Å². The van der Waals surface area contributed by atoms with Crippen molar-refractivity contribution in [3.05, 3.63) is 75.5 Å². The number of nitrogens with zero attached hydrogens (tertiary/aromatic N) is 2. The van der Waals surface area contributed by atoms with Crippen molar-refractivity contribution in [2.24, 2.45) is 5.92 Å². The maximum atomic E-state index is 13.0. The number of nitro benzene ring substituents is 1. The molecule has 1 amide bonds. The molecule has 0 unspecified atom stereocenters. The lowest BCUT2D eigenvalue weighted by Crippen LogP contribution is -2.24. The number of ether oxygens (including phenoxy) is 1. The van der Waals surface area contributed by atoms with Gasteiger partial charge in [-0.15, -0.1) is 0 Å². The lowest BCUT2D eigenvalue weighted by Gasteiger charge is -2.24. The van der Waals surface area contributed by atoms with Gasteiger partial charge in [-0.05, 0) is 42.9 Å². The van der Waals surface area contributed by atoms with Crippen LogP contribution in [0.3, 0.4) is 0 Å². The second-order valence-electron chi connectivity index (χ2n) is 7.68. The number of rotatable bonds is 5. The molecule has 0 aliphatic heterocycles. The fourth-order valence-corrected chi connectivity index (χ4v) is 3.92. The topological polar surface area (TPSA) is 111 Å². The number of para-hydroxylation sites is 3. The monoisotopic (exact) mass is 419 g/mol. The first-order valence-corrected chi connectivity index (χ1v) is 10.0. The maximum Gasteiger partial charge on any atom is 0.339 e. The molecular formula is C23H21N3O5. The van der Waals surface area contributed by atoms with E-state index in [4.69, 9.17) is 9.72 Å². The number of nitro groups is 1. The molecule has 1 aromatic heterocycles. The van der Waals surface area contributed by atoms with Crippen LogP contribution in [0.2, 0.25) is 0 Å². The van der Waals surface area contributed by atoms with Gasteiger partial charge >= 0.3 is 5.97 Å². The number of fused-ring (bicyclic) bond motifs is 2. The third kappa shape index (κ3) is 4.23. The molecule has 1 N–H and O–H groups in total. The van der Waals surface area contributed by atoms with Crippen molar-refractivity contribution in [1.82, 2.24) is 4.98 Å². The highest BCUT2D eigenvalue weighted by Crippen LogP contribution is 2.32. The van der Waals surface area contributed by atoms with Crippen molar-refractivity contribution in [1.29, 1.82) is 0 Å². The summed E-state index contributed by atoms with van der Waals surface area (Å²) in [6.45, 7) is 1.58. The lowest BCUT2D eigenvalue weighted by molar-refractivity contribution is -0.383. The van der Waals surface area contributed by atoms with Crippen molar-refractivity contribution < 1.29 is 19.2 Å². The minimum atomic E-state index is -0.650. The fraction of sp³-hybridized carbons (Fsp3) is 0.261. The van der Waals surface area contributed by atoms with Crippen LogP contribution in [0.1, 0.15) is 35.0 Å². The molecule has 0 radical (unpaired) electrons. The number of aryl methyl sites for hydroxylation is 1. The van der Waals surface area contributed by atoms with E-state index < -0.39 is 23.4 Å². The van der Waals surface area contributed by atoms with Gasteiger partial charge in [-0.2, -0.15) is 0 Å². The van der Waals surface area contributed by atoms with Crippen LogP contribution in [0.25, 0.3) is 10.9 Å². The number of anilines is 1. The molecule has 0 fully saturated rings. The number of carbonyl (C=O) groups is 2. The van der Waals surface area contributed by atoms with Gasteiger partial charge < -0.3 is 10.1 Å². The number of aromatic nitrogens is 1. The Morgan fingerprint density at radius 3 is 2.74 bits per heavy atom. The number of hydrogen-bond donors (Lipinski definition) is 1. The average Bonchev–Trinajstić information content (AvgIpc) is 2.76. The van der Waals surface area contributed by atoms with Crippen LogP contribution < -0.4 is 5.32 Å². The van der Waals surface area contributed by atoms with Crippen molar-refractivity contribution in [2.45, 2.75) is 26.2 Å². The summed E-state index contributed by atoms with van der Waals surface area (Å²) in [6, 6.07) is 13.2. The normalized spacial score (nSPS) is 15.2. The van der Waals surface area contributed by atoms with E-state index in [9.17, 15) is 19.7 Å².